The van der Waals surface area contributed by atoms with E-state index >= 15 is 0 Å². The third-order valence-electron chi connectivity index (χ3n) is 3.46. The summed E-state index contributed by atoms with van der Waals surface area (Å²) in [4.78, 5) is 23.1. The lowest BCUT2D eigenvalue weighted by Crippen LogP contribution is -2.24. The molecule has 4 nitrogen and oxygen atoms in total. The van der Waals surface area contributed by atoms with Gasteiger partial charge in [0.05, 0.1) is 0 Å². The minimum Gasteiger partial charge on any atom is -0.477 e. The second-order valence-corrected chi connectivity index (χ2v) is 4.76. The van der Waals surface area contributed by atoms with Crippen LogP contribution in [0.3, 0.4) is 0 Å². The van der Waals surface area contributed by atoms with E-state index < -0.39 is 5.97 Å². The number of carboxylic acids is 1. The lowest BCUT2D eigenvalue weighted by molar-refractivity contribution is 0.0694. The minimum absolute atomic E-state index is 0.115. The Morgan fingerprint density at radius 2 is 1.94 bits per heavy atom. The Hall–Kier alpha value is -1.58. The van der Waals surface area contributed by atoms with Crippen molar-refractivity contribution in [3.05, 3.63) is 33.7 Å². The molecular formula is C13H17NO3. The number of carboxylic acid groups (broad SMARTS) is 1. The van der Waals surface area contributed by atoms with Gasteiger partial charge in [-0.2, -0.15) is 0 Å². The molecule has 1 saturated carbocycles. The molecular weight excluding hydrogens is 218 g/mol. The maximum Gasteiger partial charge on any atom is 0.341 e. The van der Waals surface area contributed by atoms with Crippen LogP contribution in [-0.2, 0) is 7.05 Å². The predicted molar refractivity (Wildman–Crippen MR) is 64.5 cm³/mol. The molecule has 0 radical (unpaired) electrons. The largest absolute Gasteiger partial charge is 0.477 e. The van der Waals surface area contributed by atoms with Crippen LogP contribution in [0.2, 0.25) is 0 Å². The van der Waals surface area contributed by atoms with Gasteiger partial charge in [-0.05, 0) is 18.8 Å². The minimum atomic E-state index is -1.14. The SMILES string of the molecule is Cn1cc(C(=O)O)c(=O)c(C2CCCCC2)c1. The summed E-state index contributed by atoms with van der Waals surface area (Å²) < 4.78 is 1.68. The molecule has 1 heterocycles. The predicted octanol–water partition coefficient (Wildman–Crippen LogP) is 2.13. The maximum atomic E-state index is 12.1. The Morgan fingerprint density at radius 3 is 2.53 bits per heavy atom. The van der Waals surface area contributed by atoms with E-state index in [9.17, 15) is 9.59 Å². The molecule has 1 aromatic heterocycles. The highest BCUT2D eigenvalue weighted by Crippen LogP contribution is 2.30. The smallest absolute Gasteiger partial charge is 0.341 e. The van der Waals surface area contributed by atoms with Gasteiger partial charge in [0.2, 0.25) is 0 Å². The standard InChI is InChI=1S/C13H17NO3/c1-14-7-10(9-5-3-2-4-6-9)12(15)11(8-14)13(16)17/h7-9H,2-6H2,1H3,(H,16,17). The van der Waals surface area contributed by atoms with Gasteiger partial charge in [0, 0.05) is 25.0 Å². The summed E-state index contributed by atoms with van der Waals surface area (Å²) in [6.45, 7) is 0. The number of carbonyl (C=O) groups is 1. The Morgan fingerprint density at radius 1 is 1.29 bits per heavy atom. The Labute approximate surface area is 99.9 Å². The quantitative estimate of drug-likeness (QED) is 0.854. The second kappa shape index (κ2) is 4.73. The molecule has 0 amide bonds. The summed E-state index contributed by atoms with van der Waals surface area (Å²) >= 11 is 0. The van der Waals surface area contributed by atoms with E-state index in [2.05, 4.69) is 0 Å². The number of aromatic carboxylic acids is 1. The van der Waals surface area contributed by atoms with Crippen LogP contribution >= 0.6 is 0 Å². The molecule has 0 spiro atoms. The van der Waals surface area contributed by atoms with E-state index in [4.69, 9.17) is 5.11 Å². The number of rotatable bonds is 2. The van der Waals surface area contributed by atoms with Crippen LogP contribution in [0.15, 0.2) is 17.2 Å². The molecule has 1 aliphatic rings. The fourth-order valence-electron chi connectivity index (χ4n) is 2.59. The van der Waals surface area contributed by atoms with Crippen molar-refractivity contribution < 1.29 is 9.90 Å². The number of hydrogen-bond acceptors (Lipinski definition) is 2. The summed E-state index contributed by atoms with van der Waals surface area (Å²) in [5.41, 5.74) is 0.255. The van der Waals surface area contributed by atoms with Crippen LogP contribution in [0, 0.1) is 0 Å². The summed E-state index contributed by atoms with van der Waals surface area (Å²) in [6.07, 6.45) is 8.64. The van der Waals surface area contributed by atoms with Gasteiger partial charge in [0.15, 0.2) is 5.43 Å². The van der Waals surface area contributed by atoms with Crippen LogP contribution < -0.4 is 5.43 Å². The lowest BCUT2D eigenvalue weighted by atomic mass is 9.84. The van der Waals surface area contributed by atoms with E-state index in [1.807, 2.05) is 0 Å². The molecule has 2 rings (SSSR count). The first-order valence-corrected chi connectivity index (χ1v) is 6.03. The van der Waals surface area contributed by atoms with Crippen LogP contribution in [-0.4, -0.2) is 15.6 Å². The molecule has 0 unspecified atom stereocenters. The molecule has 1 fully saturated rings. The van der Waals surface area contributed by atoms with E-state index in [0.717, 1.165) is 25.7 Å². The first kappa shape index (κ1) is 11.9. The van der Waals surface area contributed by atoms with Crippen molar-refractivity contribution in [2.75, 3.05) is 0 Å². The normalized spacial score (nSPS) is 17.0. The Bertz CT molecular complexity index is 484. The second-order valence-electron chi connectivity index (χ2n) is 4.76. The third-order valence-corrected chi connectivity index (χ3v) is 3.46. The van der Waals surface area contributed by atoms with Crippen molar-refractivity contribution in [3.8, 4) is 0 Å². The zero-order valence-electron chi connectivity index (χ0n) is 9.98. The fourth-order valence-corrected chi connectivity index (χ4v) is 2.59. The van der Waals surface area contributed by atoms with Gasteiger partial charge in [-0.3, -0.25) is 4.79 Å². The van der Waals surface area contributed by atoms with Gasteiger partial charge in [-0.1, -0.05) is 19.3 Å². The zero-order valence-corrected chi connectivity index (χ0v) is 9.98. The molecule has 0 bridgehead atoms. The molecule has 0 aromatic carbocycles. The average molecular weight is 235 g/mol. The Kier molecular flexibility index (Phi) is 3.31. The first-order valence-electron chi connectivity index (χ1n) is 6.03. The summed E-state index contributed by atoms with van der Waals surface area (Å²) in [5.74, 6) is -0.898. The Balaban J connectivity index is 2.46. The number of aryl methyl sites for hydroxylation is 1. The van der Waals surface area contributed by atoms with Crippen molar-refractivity contribution in [3.63, 3.8) is 0 Å². The van der Waals surface area contributed by atoms with Crippen molar-refractivity contribution in [2.45, 2.75) is 38.0 Å². The van der Waals surface area contributed by atoms with Crippen LogP contribution in [0.25, 0.3) is 0 Å². The molecule has 0 atom stereocenters. The molecule has 0 aliphatic heterocycles. The monoisotopic (exact) mass is 235 g/mol. The first-order chi connectivity index (χ1) is 8.09. The highest BCUT2D eigenvalue weighted by molar-refractivity contribution is 5.87. The van der Waals surface area contributed by atoms with Crippen molar-refractivity contribution in [2.24, 2.45) is 7.05 Å². The number of pyridine rings is 1. The lowest BCUT2D eigenvalue weighted by Gasteiger charge is -2.22. The van der Waals surface area contributed by atoms with Crippen LogP contribution in [0.1, 0.15) is 53.9 Å². The van der Waals surface area contributed by atoms with Gasteiger partial charge in [-0.15, -0.1) is 0 Å². The number of aromatic nitrogens is 1. The van der Waals surface area contributed by atoms with E-state index in [0.29, 0.717) is 5.56 Å². The molecule has 92 valence electrons. The van der Waals surface area contributed by atoms with Crippen LogP contribution in [0.4, 0.5) is 0 Å². The summed E-state index contributed by atoms with van der Waals surface area (Å²) in [6, 6.07) is 0. The van der Waals surface area contributed by atoms with E-state index in [1.54, 1.807) is 17.8 Å². The van der Waals surface area contributed by atoms with Crippen molar-refractivity contribution in [1.82, 2.24) is 4.57 Å². The van der Waals surface area contributed by atoms with Crippen molar-refractivity contribution >= 4 is 5.97 Å². The van der Waals surface area contributed by atoms with Crippen LogP contribution in [0.5, 0.6) is 0 Å². The molecule has 4 heteroatoms. The van der Waals surface area contributed by atoms with E-state index in [1.165, 1.54) is 12.6 Å². The van der Waals surface area contributed by atoms with Gasteiger partial charge in [0.25, 0.3) is 0 Å². The maximum absolute atomic E-state index is 12.1. The van der Waals surface area contributed by atoms with Gasteiger partial charge in [-0.25, -0.2) is 4.79 Å². The molecule has 0 saturated heterocycles. The molecule has 1 aromatic rings. The number of hydrogen-bond donors (Lipinski definition) is 1. The van der Waals surface area contributed by atoms with Crippen molar-refractivity contribution in [1.29, 1.82) is 0 Å². The average Bonchev–Trinajstić information content (AvgIpc) is 2.32. The zero-order chi connectivity index (χ0) is 12.4. The van der Waals surface area contributed by atoms with Gasteiger partial charge in [0.1, 0.15) is 5.56 Å². The highest BCUT2D eigenvalue weighted by Gasteiger charge is 2.21. The van der Waals surface area contributed by atoms with Gasteiger partial charge < -0.3 is 9.67 Å². The molecule has 1 N–H and O–H groups in total. The summed E-state index contributed by atoms with van der Waals surface area (Å²) in [7, 11) is 1.76. The molecule has 1 aliphatic carbocycles. The summed E-state index contributed by atoms with van der Waals surface area (Å²) in [5, 5.41) is 9.00. The fraction of sp³-hybridized carbons (Fsp3) is 0.538. The molecule has 17 heavy (non-hydrogen) atoms. The topological polar surface area (TPSA) is 59.3 Å². The third kappa shape index (κ3) is 2.40. The number of nitrogens with zero attached hydrogens (tertiary/aromatic N) is 1. The van der Waals surface area contributed by atoms with Gasteiger partial charge >= 0.3 is 5.97 Å². The highest BCUT2D eigenvalue weighted by atomic mass is 16.4. The van der Waals surface area contributed by atoms with E-state index in [-0.39, 0.29) is 16.9 Å².